The Morgan fingerprint density at radius 2 is 0.761 bits per heavy atom. The lowest BCUT2D eigenvalue weighted by Crippen LogP contribution is -3.09. The minimum atomic E-state index is 0.774. The first-order valence-corrected chi connectivity index (χ1v) is 18.9. The third-order valence-electron chi connectivity index (χ3n) is 9.50. The highest BCUT2D eigenvalue weighted by Gasteiger charge is 2.12. The van der Waals surface area contributed by atoms with Crippen LogP contribution in [-0.4, -0.2) is 53.5 Å². The van der Waals surface area contributed by atoms with E-state index in [0.29, 0.717) is 0 Å². The number of benzene rings is 2. The minimum absolute atomic E-state index is 0.774. The molecule has 0 aromatic heterocycles. The van der Waals surface area contributed by atoms with Gasteiger partial charge in [0.1, 0.15) is 11.5 Å². The molecule has 0 bridgehead atoms. The molecule has 260 valence electrons. The Bertz CT molecular complexity index is 925. The Kier molecular flexibility index (Phi) is 22.1. The molecule has 0 aliphatic carbocycles. The molecule has 0 heterocycles. The van der Waals surface area contributed by atoms with Crippen LogP contribution in [0, 0.1) is 0 Å². The van der Waals surface area contributed by atoms with Gasteiger partial charge in [-0.3, -0.25) is 0 Å². The van der Waals surface area contributed by atoms with Gasteiger partial charge in [-0.1, -0.05) is 78.1 Å². The molecule has 2 aromatic carbocycles. The monoisotopic (exact) mass is 639 g/mol. The summed E-state index contributed by atoms with van der Waals surface area (Å²) >= 11 is 0. The lowest BCUT2D eigenvalue weighted by Gasteiger charge is -2.19. The Morgan fingerprint density at radius 3 is 1.07 bits per heavy atom. The van der Waals surface area contributed by atoms with Crippen molar-refractivity contribution in [3.05, 3.63) is 48.5 Å². The van der Waals surface area contributed by atoms with Crippen LogP contribution in [0.2, 0.25) is 0 Å². The van der Waals surface area contributed by atoms with E-state index in [2.05, 4.69) is 52.3 Å². The average molecular weight is 639 g/mol. The van der Waals surface area contributed by atoms with Gasteiger partial charge < -0.3 is 19.3 Å². The normalized spacial score (nSPS) is 13.1. The number of nitrogens with zero attached hydrogens (tertiary/aromatic N) is 2. The standard InChI is InChI=1S/C40H68N4O2/c1-7-37(43(3)4)23-19-15-11-9-13-17-21-33-45-39-29-25-35(26-30-39)41-42-36-27-31-40(32-28-36)46-34-22-18-14-10-12-16-20-24-38(8-2)44(5)6/h25-32,37-38H,7-24,33-34H2,1-6H3/p+2. The van der Waals surface area contributed by atoms with E-state index in [9.17, 15) is 0 Å². The topological polar surface area (TPSA) is 52.1 Å². The van der Waals surface area contributed by atoms with Gasteiger partial charge in [-0.05, 0) is 99.9 Å². The van der Waals surface area contributed by atoms with Crippen molar-refractivity contribution in [2.24, 2.45) is 10.2 Å². The molecule has 0 fully saturated rings. The fourth-order valence-electron chi connectivity index (χ4n) is 6.27. The number of azo groups is 1. The van der Waals surface area contributed by atoms with Gasteiger partial charge >= 0.3 is 0 Å². The lowest BCUT2D eigenvalue weighted by molar-refractivity contribution is -0.886. The number of quaternary nitrogens is 2. The van der Waals surface area contributed by atoms with Crippen LogP contribution >= 0.6 is 0 Å². The summed E-state index contributed by atoms with van der Waals surface area (Å²) in [5, 5.41) is 8.78. The summed E-state index contributed by atoms with van der Waals surface area (Å²) in [5.41, 5.74) is 1.65. The fraction of sp³-hybridized carbons (Fsp3) is 0.700. The molecule has 0 amide bonds. The molecular weight excluding hydrogens is 568 g/mol. The maximum absolute atomic E-state index is 5.94. The molecule has 2 N–H and O–H groups in total. The molecule has 0 saturated heterocycles. The number of nitrogens with one attached hydrogen (secondary N) is 2. The van der Waals surface area contributed by atoms with Gasteiger partial charge in [-0.25, -0.2) is 0 Å². The van der Waals surface area contributed by atoms with Gasteiger partial charge in [0.2, 0.25) is 0 Å². The number of hydrogen-bond donors (Lipinski definition) is 2. The zero-order chi connectivity index (χ0) is 33.2. The predicted molar refractivity (Wildman–Crippen MR) is 196 cm³/mol. The first kappa shape index (κ1) is 39.7. The quantitative estimate of drug-likeness (QED) is 0.0722. The minimum Gasteiger partial charge on any atom is -0.494 e. The summed E-state index contributed by atoms with van der Waals surface area (Å²) in [5.74, 6) is 1.80. The number of rotatable bonds is 28. The largest absolute Gasteiger partial charge is 0.494 e. The van der Waals surface area contributed by atoms with E-state index in [1.165, 1.54) is 103 Å². The van der Waals surface area contributed by atoms with Crippen molar-refractivity contribution in [2.45, 2.75) is 142 Å². The summed E-state index contributed by atoms with van der Waals surface area (Å²) in [6, 6.07) is 17.5. The maximum Gasteiger partial charge on any atom is 0.119 e. The second-order valence-electron chi connectivity index (χ2n) is 13.8. The van der Waals surface area contributed by atoms with Crippen LogP contribution in [-0.2, 0) is 0 Å². The van der Waals surface area contributed by atoms with E-state index in [4.69, 9.17) is 9.47 Å². The van der Waals surface area contributed by atoms with E-state index in [0.717, 1.165) is 61.0 Å². The van der Waals surface area contributed by atoms with Crippen molar-refractivity contribution in [1.82, 2.24) is 0 Å². The van der Waals surface area contributed by atoms with Gasteiger partial charge in [0, 0.05) is 0 Å². The van der Waals surface area contributed by atoms with Crippen molar-refractivity contribution in [3.63, 3.8) is 0 Å². The lowest BCUT2D eigenvalue weighted by atomic mass is 10.0. The van der Waals surface area contributed by atoms with Crippen LogP contribution in [0.15, 0.2) is 58.8 Å². The number of ether oxygens (including phenoxy) is 2. The van der Waals surface area contributed by atoms with E-state index in [1.807, 2.05) is 48.5 Å². The highest BCUT2D eigenvalue weighted by Crippen LogP contribution is 2.23. The summed E-state index contributed by atoms with van der Waals surface area (Å²) in [6.45, 7) is 6.18. The molecular formula is C40H70N4O2+2. The Balaban J connectivity index is 1.49. The second-order valence-corrected chi connectivity index (χ2v) is 13.8. The first-order chi connectivity index (χ1) is 22.4. The molecule has 2 unspecified atom stereocenters. The van der Waals surface area contributed by atoms with Crippen LogP contribution < -0.4 is 19.3 Å². The second kappa shape index (κ2) is 25.6. The molecule has 2 rings (SSSR count). The SMILES string of the molecule is CCC(CCCCCCCCCOc1ccc(N=Nc2ccc(OCCCCCCCCCC(CC)[NH+](C)C)cc2)cc1)[NH+](C)C. The van der Waals surface area contributed by atoms with Crippen LogP contribution in [0.25, 0.3) is 0 Å². The van der Waals surface area contributed by atoms with E-state index in [1.54, 1.807) is 9.80 Å². The van der Waals surface area contributed by atoms with Crippen molar-refractivity contribution in [3.8, 4) is 11.5 Å². The number of hydrogen-bond acceptors (Lipinski definition) is 4. The van der Waals surface area contributed by atoms with Gasteiger partial charge in [0.25, 0.3) is 0 Å². The van der Waals surface area contributed by atoms with E-state index < -0.39 is 0 Å². The van der Waals surface area contributed by atoms with Crippen molar-refractivity contribution >= 4 is 11.4 Å². The highest BCUT2D eigenvalue weighted by molar-refractivity contribution is 5.44. The zero-order valence-corrected chi connectivity index (χ0v) is 30.6. The molecule has 2 aromatic rings. The Morgan fingerprint density at radius 1 is 0.457 bits per heavy atom. The molecule has 0 spiro atoms. The van der Waals surface area contributed by atoms with Crippen LogP contribution in [0.3, 0.4) is 0 Å². The summed E-state index contributed by atoms with van der Waals surface area (Å²) in [7, 11) is 9.14. The predicted octanol–water partition coefficient (Wildman–Crippen LogP) is 8.95. The Labute approximate surface area is 283 Å². The van der Waals surface area contributed by atoms with Crippen LogP contribution in [0.1, 0.15) is 129 Å². The van der Waals surface area contributed by atoms with Gasteiger partial charge in [-0.15, -0.1) is 0 Å². The Hall–Kier alpha value is -2.44. The van der Waals surface area contributed by atoms with Crippen LogP contribution in [0.5, 0.6) is 11.5 Å². The summed E-state index contributed by atoms with van der Waals surface area (Å²) in [6.07, 6.45) is 23.6. The van der Waals surface area contributed by atoms with Gasteiger partial charge in [0.05, 0.1) is 64.9 Å². The van der Waals surface area contributed by atoms with Crippen LogP contribution in [0.4, 0.5) is 11.4 Å². The maximum atomic E-state index is 5.94. The smallest absolute Gasteiger partial charge is 0.119 e. The molecule has 6 heteroatoms. The van der Waals surface area contributed by atoms with Crippen molar-refractivity contribution < 1.29 is 19.3 Å². The molecule has 2 atom stereocenters. The van der Waals surface area contributed by atoms with E-state index in [-0.39, 0.29) is 0 Å². The fourth-order valence-corrected chi connectivity index (χ4v) is 6.27. The highest BCUT2D eigenvalue weighted by atomic mass is 16.5. The summed E-state index contributed by atoms with van der Waals surface area (Å²) < 4.78 is 11.9. The zero-order valence-electron chi connectivity index (χ0n) is 30.6. The molecule has 6 nitrogen and oxygen atoms in total. The van der Waals surface area contributed by atoms with E-state index >= 15 is 0 Å². The summed E-state index contributed by atoms with van der Waals surface area (Å²) in [4.78, 5) is 3.20. The first-order valence-electron chi connectivity index (χ1n) is 18.9. The van der Waals surface area contributed by atoms with Gasteiger partial charge in [0.15, 0.2) is 0 Å². The molecule has 0 aliphatic rings. The molecule has 0 radical (unpaired) electrons. The van der Waals surface area contributed by atoms with Gasteiger partial charge in [-0.2, -0.15) is 10.2 Å². The molecule has 0 saturated carbocycles. The number of unbranched alkanes of at least 4 members (excludes halogenated alkanes) is 12. The third kappa shape index (κ3) is 18.6. The molecule has 0 aliphatic heterocycles. The third-order valence-corrected chi connectivity index (χ3v) is 9.50. The van der Waals surface area contributed by atoms with Crippen molar-refractivity contribution in [1.29, 1.82) is 0 Å². The van der Waals surface area contributed by atoms with Crippen molar-refractivity contribution in [2.75, 3.05) is 41.4 Å². The molecule has 46 heavy (non-hydrogen) atoms. The average Bonchev–Trinajstić information content (AvgIpc) is 3.06.